The molecule has 0 bridgehead atoms. The number of carboxylic acids is 1. The molecule has 18 heavy (non-hydrogen) atoms. The Kier molecular flexibility index (Phi) is 3.10. The van der Waals surface area contributed by atoms with Crippen LogP contribution in [0.1, 0.15) is 5.37 Å². The van der Waals surface area contributed by atoms with Gasteiger partial charge in [-0.2, -0.15) is 0 Å². The van der Waals surface area contributed by atoms with Crippen molar-refractivity contribution in [1.29, 1.82) is 0 Å². The summed E-state index contributed by atoms with van der Waals surface area (Å²) in [7, 11) is 1.55. The number of aryl methyl sites for hydroxylation is 1. The minimum atomic E-state index is -1.27. The van der Waals surface area contributed by atoms with Gasteiger partial charge in [-0.1, -0.05) is 0 Å². The van der Waals surface area contributed by atoms with E-state index in [4.69, 9.17) is 5.11 Å². The van der Waals surface area contributed by atoms with Crippen LogP contribution in [-0.4, -0.2) is 46.1 Å². The second-order valence-electron chi connectivity index (χ2n) is 3.31. The van der Waals surface area contributed by atoms with E-state index in [2.05, 4.69) is 15.5 Å². The van der Waals surface area contributed by atoms with Gasteiger partial charge >= 0.3 is 5.97 Å². The minimum absolute atomic E-state index is 0.245. The maximum absolute atomic E-state index is 11.2. The Bertz CT molecular complexity index is 560. The average Bonchev–Trinajstić information content (AvgIpc) is 2.84. The van der Waals surface area contributed by atoms with Crippen LogP contribution in [0.5, 0.6) is 11.8 Å². The van der Waals surface area contributed by atoms with E-state index in [1.165, 1.54) is 16.8 Å². The topological polar surface area (TPSA) is 126 Å². The fourth-order valence-electron chi connectivity index (χ4n) is 1.30. The molecular formula is C8H9N5O4S. The highest BCUT2D eigenvalue weighted by molar-refractivity contribution is 7.99. The molecule has 0 aliphatic heterocycles. The number of hydrogen-bond donors (Lipinski definition) is 3. The fraction of sp³-hybridized carbons (Fsp3) is 0.250. The highest BCUT2D eigenvalue weighted by Crippen LogP contribution is 2.36. The van der Waals surface area contributed by atoms with Crippen LogP contribution in [0, 0.1) is 0 Å². The highest BCUT2D eigenvalue weighted by atomic mass is 32.2. The maximum Gasteiger partial charge on any atom is 0.338 e. The highest BCUT2D eigenvalue weighted by Gasteiger charge is 2.27. The van der Waals surface area contributed by atoms with Gasteiger partial charge in [0.05, 0.1) is 0 Å². The van der Waals surface area contributed by atoms with Crippen molar-refractivity contribution >= 4 is 17.7 Å². The molecule has 1 unspecified atom stereocenters. The molecule has 0 saturated heterocycles. The zero-order chi connectivity index (χ0) is 13.3. The quantitative estimate of drug-likeness (QED) is 0.652. The van der Waals surface area contributed by atoms with Gasteiger partial charge in [0.1, 0.15) is 0 Å². The molecule has 0 spiro atoms. The Hall–Kier alpha value is -2.23. The zero-order valence-corrected chi connectivity index (χ0v) is 9.94. The molecular weight excluding hydrogens is 262 g/mol. The summed E-state index contributed by atoms with van der Waals surface area (Å²) in [4.78, 5) is 11.2. The third-order valence-corrected chi connectivity index (χ3v) is 3.31. The zero-order valence-electron chi connectivity index (χ0n) is 9.13. The number of nitrogens with zero attached hydrogens (tertiary/aromatic N) is 5. The number of thioether (sulfide) groups is 1. The van der Waals surface area contributed by atoms with E-state index in [9.17, 15) is 15.0 Å². The lowest BCUT2D eigenvalue weighted by Crippen LogP contribution is -2.16. The second kappa shape index (κ2) is 4.56. The summed E-state index contributed by atoms with van der Waals surface area (Å²) in [5, 5.41) is 37.7. The normalized spacial score (nSPS) is 12.5. The molecule has 2 rings (SSSR count). The summed E-state index contributed by atoms with van der Waals surface area (Å²) in [5.41, 5.74) is 0. The van der Waals surface area contributed by atoms with Crippen LogP contribution in [-0.2, 0) is 11.8 Å². The van der Waals surface area contributed by atoms with Crippen LogP contribution in [0.25, 0.3) is 0 Å². The van der Waals surface area contributed by atoms with Crippen LogP contribution in [0.4, 0.5) is 0 Å². The predicted octanol–water partition coefficient (Wildman–Crippen LogP) is -0.202. The fourth-order valence-corrected chi connectivity index (χ4v) is 2.20. The van der Waals surface area contributed by atoms with E-state index >= 15 is 0 Å². The smallest absolute Gasteiger partial charge is 0.338 e. The monoisotopic (exact) mass is 271 g/mol. The summed E-state index contributed by atoms with van der Waals surface area (Å²) in [6, 6.07) is 2.39. The molecule has 10 heteroatoms. The predicted molar refractivity (Wildman–Crippen MR) is 59.1 cm³/mol. The summed E-state index contributed by atoms with van der Waals surface area (Å²) in [6.07, 6.45) is 0. The van der Waals surface area contributed by atoms with Crippen molar-refractivity contribution in [3.8, 4) is 11.8 Å². The number of tetrazole rings is 1. The number of rotatable bonds is 4. The number of aromatic nitrogens is 5. The SMILES string of the molecule is Cn1nnnc1SC(C(=O)O)n1c(O)ccc1O. The summed E-state index contributed by atoms with van der Waals surface area (Å²) in [6.45, 7) is 0. The van der Waals surface area contributed by atoms with Gasteiger partial charge < -0.3 is 15.3 Å². The van der Waals surface area contributed by atoms with Crippen LogP contribution in [0.2, 0.25) is 0 Å². The third-order valence-electron chi connectivity index (χ3n) is 2.12. The molecule has 2 aromatic rings. The van der Waals surface area contributed by atoms with Gasteiger partial charge in [0.2, 0.25) is 5.16 Å². The molecule has 0 aliphatic rings. The van der Waals surface area contributed by atoms with Gasteiger partial charge in [-0.25, -0.2) is 9.48 Å². The lowest BCUT2D eigenvalue weighted by atomic mass is 10.6. The van der Waals surface area contributed by atoms with Crippen LogP contribution in [0.3, 0.4) is 0 Å². The van der Waals surface area contributed by atoms with Gasteiger partial charge in [0, 0.05) is 19.2 Å². The molecule has 1 atom stereocenters. The maximum atomic E-state index is 11.2. The van der Waals surface area contributed by atoms with E-state index in [0.717, 1.165) is 16.3 Å². The average molecular weight is 271 g/mol. The summed E-state index contributed by atoms with van der Waals surface area (Å²) < 4.78 is 2.15. The van der Waals surface area contributed by atoms with E-state index in [0.29, 0.717) is 0 Å². The number of carboxylic acid groups (broad SMARTS) is 1. The van der Waals surface area contributed by atoms with Gasteiger partial charge in [0.25, 0.3) is 0 Å². The number of carbonyl (C=O) groups is 1. The number of aromatic hydroxyl groups is 2. The largest absolute Gasteiger partial charge is 0.494 e. The standard InChI is InChI=1S/C8H9N5O4S/c1-12-8(9-10-11-12)18-6(7(16)17)13-4(14)2-3-5(13)15/h2-3,6,14-15H,1H3,(H,16,17). The molecule has 0 aliphatic carbocycles. The molecule has 0 saturated carbocycles. The number of aliphatic carboxylic acids is 1. The van der Waals surface area contributed by atoms with Crippen molar-refractivity contribution in [3.63, 3.8) is 0 Å². The first-order chi connectivity index (χ1) is 8.50. The summed E-state index contributed by atoms with van der Waals surface area (Å²) in [5.74, 6) is -1.96. The van der Waals surface area contributed by atoms with Gasteiger partial charge in [-0.05, 0) is 22.2 Å². The molecule has 96 valence electrons. The summed E-state index contributed by atoms with van der Waals surface area (Å²) >= 11 is 0.786. The van der Waals surface area contributed by atoms with Crippen LogP contribution >= 0.6 is 11.8 Å². The Labute approximate surface area is 105 Å². The molecule has 0 radical (unpaired) electrons. The molecule has 0 aromatic carbocycles. The van der Waals surface area contributed by atoms with Crippen LogP contribution in [0.15, 0.2) is 17.3 Å². The molecule has 2 aromatic heterocycles. The molecule has 0 fully saturated rings. The first kappa shape index (κ1) is 12.2. The van der Waals surface area contributed by atoms with E-state index < -0.39 is 11.3 Å². The van der Waals surface area contributed by atoms with Crippen molar-refractivity contribution in [2.45, 2.75) is 10.5 Å². The van der Waals surface area contributed by atoms with Crippen molar-refractivity contribution in [3.05, 3.63) is 12.1 Å². The molecule has 2 heterocycles. The Morgan fingerprint density at radius 3 is 2.44 bits per heavy atom. The van der Waals surface area contributed by atoms with Crippen molar-refractivity contribution < 1.29 is 20.1 Å². The number of hydrogen-bond acceptors (Lipinski definition) is 7. The van der Waals surface area contributed by atoms with Crippen LogP contribution < -0.4 is 0 Å². The molecule has 0 amide bonds. The third kappa shape index (κ3) is 2.09. The van der Waals surface area contributed by atoms with Crippen molar-refractivity contribution in [2.24, 2.45) is 7.05 Å². The first-order valence-electron chi connectivity index (χ1n) is 4.71. The van der Waals surface area contributed by atoms with Crippen molar-refractivity contribution in [2.75, 3.05) is 0 Å². The lowest BCUT2D eigenvalue weighted by molar-refractivity contribution is -0.138. The first-order valence-corrected chi connectivity index (χ1v) is 5.59. The molecule has 3 N–H and O–H groups in total. The molecule has 9 nitrogen and oxygen atoms in total. The lowest BCUT2D eigenvalue weighted by Gasteiger charge is -2.14. The Balaban J connectivity index is 2.36. The van der Waals surface area contributed by atoms with Gasteiger partial charge in [-0.15, -0.1) is 5.10 Å². The minimum Gasteiger partial charge on any atom is -0.494 e. The Morgan fingerprint density at radius 2 is 2.00 bits per heavy atom. The second-order valence-corrected chi connectivity index (χ2v) is 4.36. The van der Waals surface area contributed by atoms with Gasteiger partial charge in [-0.3, -0.25) is 4.57 Å². The Morgan fingerprint density at radius 1 is 1.39 bits per heavy atom. The van der Waals surface area contributed by atoms with Crippen molar-refractivity contribution in [1.82, 2.24) is 24.8 Å². The van der Waals surface area contributed by atoms with E-state index in [1.54, 1.807) is 7.05 Å². The van der Waals surface area contributed by atoms with E-state index in [1.807, 2.05) is 0 Å². The van der Waals surface area contributed by atoms with Gasteiger partial charge in [0.15, 0.2) is 17.1 Å². The van der Waals surface area contributed by atoms with E-state index in [-0.39, 0.29) is 16.9 Å².